The number of hydrogen-bond donors (Lipinski definition) is 2. The number of rotatable bonds is 9. The van der Waals surface area contributed by atoms with Crippen LogP contribution in [0, 0.1) is 5.92 Å². The lowest BCUT2D eigenvalue weighted by Gasteiger charge is -2.10. The molecule has 0 aliphatic carbocycles. The molecule has 134 valence electrons. The lowest BCUT2D eigenvalue weighted by Crippen LogP contribution is -2.16. The van der Waals surface area contributed by atoms with Crippen LogP contribution in [0.2, 0.25) is 0 Å². The summed E-state index contributed by atoms with van der Waals surface area (Å²) in [6.07, 6.45) is 0. The van der Waals surface area contributed by atoms with E-state index in [1.54, 1.807) is 10.7 Å². The van der Waals surface area contributed by atoms with Gasteiger partial charge < -0.3 is 11.1 Å². The van der Waals surface area contributed by atoms with E-state index in [0.29, 0.717) is 23.3 Å². The SMILES string of the molecule is CC(C)Cn1nnnc1SCC(=O)Nc1ccccc1SCC(N)=O. The number of thioether (sulfide) groups is 2. The molecule has 1 aromatic carbocycles. The zero-order chi connectivity index (χ0) is 18.2. The fourth-order valence-electron chi connectivity index (χ4n) is 1.92. The molecular formula is C15H20N6O2S2. The summed E-state index contributed by atoms with van der Waals surface area (Å²) < 4.78 is 1.69. The van der Waals surface area contributed by atoms with Crippen molar-refractivity contribution in [3.8, 4) is 0 Å². The Kier molecular flexibility index (Phi) is 7.26. The molecule has 10 heteroatoms. The number of nitrogens with zero attached hydrogens (tertiary/aromatic N) is 4. The van der Waals surface area contributed by atoms with Crippen LogP contribution in [-0.4, -0.2) is 43.5 Å². The second kappa shape index (κ2) is 9.42. The number of carbonyl (C=O) groups is 2. The molecule has 1 aromatic heterocycles. The van der Waals surface area contributed by atoms with Crippen LogP contribution < -0.4 is 11.1 Å². The van der Waals surface area contributed by atoms with Gasteiger partial charge >= 0.3 is 0 Å². The Morgan fingerprint density at radius 1 is 1.24 bits per heavy atom. The number of anilines is 1. The second-order valence-corrected chi connectivity index (χ2v) is 7.59. The molecule has 0 unspecified atom stereocenters. The van der Waals surface area contributed by atoms with E-state index in [1.165, 1.54) is 23.5 Å². The van der Waals surface area contributed by atoms with Crippen molar-refractivity contribution in [3.63, 3.8) is 0 Å². The van der Waals surface area contributed by atoms with E-state index in [-0.39, 0.29) is 17.4 Å². The fourth-order valence-corrected chi connectivity index (χ4v) is 3.36. The van der Waals surface area contributed by atoms with E-state index >= 15 is 0 Å². The summed E-state index contributed by atoms with van der Waals surface area (Å²) in [5, 5.41) is 15.0. The highest BCUT2D eigenvalue weighted by molar-refractivity contribution is 8.00. The van der Waals surface area contributed by atoms with Crippen molar-refractivity contribution in [3.05, 3.63) is 24.3 Å². The molecule has 0 spiro atoms. The van der Waals surface area contributed by atoms with Crippen LogP contribution in [0.15, 0.2) is 34.3 Å². The van der Waals surface area contributed by atoms with Crippen LogP contribution in [0.1, 0.15) is 13.8 Å². The number of hydrogen-bond acceptors (Lipinski definition) is 7. The third kappa shape index (κ3) is 6.39. The monoisotopic (exact) mass is 380 g/mol. The number of benzene rings is 1. The number of tetrazole rings is 1. The Morgan fingerprint density at radius 3 is 2.72 bits per heavy atom. The van der Waals surface area contributed by atoms with Crippen molar-refractivity contribution in [2.24, 2.45) is 11.7 Å². The molecule has 0 saturated heterocycles. The van der Waals surface area contributed by atoms with E-state index in [1.807, 2.05) is 18.2 Å². The quantitative estimate of drug-likeness (QED) is 0.635. The normalized spacial score (nSPS) is 10.8. The number of carbonyl (C=O) groups excluding carboxylic acids is 2. The Morgan fingerprint density at radius 2 is 2.00 bits per heavy atom. The number of aromatic nitrogens is 4. The van der Waals surface area contributed by atoms with Gasteiger partial charge in [0.15, 0.2) is 0 Å². The van der Waals surface area contributed by atoms with Crippen LogP contribution in [0.3, 0.4) is 0 Å². The van der Waals surface area contributed by atoms with Crippen molar-refractivity contribution in [1.29, 1.82) is 0 Å². The van der Waals surface area contributed by atoms with Crippen LogP contribution in [0.4, 0.5) is 5.69 Å². The van der Waals surface area contributed by atoms with E-state index in [4.69, 9.17) is 5.73 Å². The zero-order valence-electron chi connectivity index (χ0n) is 14.0. The van der Waals surface area contributed by atoms with Crippen LogP contribution in [0.25, 0.3) is 0 Å². The summed E-state index contributed by atoms with van der Waals surface area (Å²) in [4.78, 5) is 24.0. The van der Waals surface area contributed by atoms with Gasteiger partial charge in [0.2, 0.25) is 17.0 Å². The average Bonchev–Trinajstić information content (AvgIpc) is 2.98. The fraction of sp³-hybridized carbons (Fsp3) is 0.400. The molecule has 2 rings (SSSR count). The highest BCUT2D eigenvalue weighted by Crippen LogP contribution is 2.27. The van der Waals surface area contributed by atoms with E-state index in [2.05, 4.69) is 34.7 Å². The first kappa shape index (κ1) is 19.3. The minimum atomic E-state index is -0.404. The Bertz CT molecular complexity index is 734. The number of nitrogens with one attached hydrogen (secondary N) is 1. The van der Waals surface area contributed by atoms with E-state index in [9.17, 15) is 9.59 Å². The third-order valence-electron chi connectivity index (χ3n) is 2.90. The Hall–Kier alpha value is -2.07. The Labute approximate surface area is 154 Å². The molecule has 2 aromatic rings. The van der Waals surface area contributed by atoms with Gasteiger partial charge in [-0.05, 0) is 28.5 Å². The Balaban J connectivity index is 1.93. The molecule has 0 fully saturated rings. The maximum Gasteiger partial charge on any atom is 0.234 e. The molecule has 1 heterocycles. The van der Waals surface area contributed by atoms with Gasteiger partial charge in [0.05, 0.1) is 17.2 Å². The predicted octanol–water partition coefficient (Wildman–Crippen LogP) is 1.64. The van der Waals surface area contributed by atoms with Gasteiger partial charge in [-0.15, -0.1) is 16.9 Å². The second-order valence-electron chi connectivity index (χ2n) is 5.63. The lowest BCUT2D eigenvalue weighted by atomic mass is 10.2. The van der Waals surface area contributed by atoms with Gasteiger partial charge in [-0.1, -0.05) is 37.7 Å². The van der Waals surface area contributed by atoms with Crippen molar-refractivity contribution in [1.82, 2.24) is 20.2 Å². The summed E-state index contributed by atoms with van der Waals surface area (Å²) >= 11 is 2.57. The summed E-state index contributed by atoms with van der Waals surface area (Å²) in [6.45, 7) is 4.84. The summed E-state index contributed by atoms with van der Waals surface area (Å²) in [5.41, 5.74) is 5.82. The molecule has 0 bridgehead atoms. The molecule has 0 aliphatic heterocycles. The third-order valence-corrected chi connectivity index (χ3v) is 4.95. The topological polar surface area (TPSA) is 116 Å². The van der Waals surface area contributed by atoms with Gasteiger partial charge in [-0.25, -0.2) is 4.68 Å². The zero-order valence-corrected chi connectivity index (χ0v) is 15.6. The van der Waals surface area contributed by atoms with Crippen molar-refractivity contribution >= 4 is 41.0 Å². The molecule has 8 nitrogen and oxygen atoms in total. The standard InChI is InChI=1S/C15H20N6O2S2/c1-10(2)7-21-15(18-19-20-21)25-9-14(23)17-11-5-3-4-6-12(11)24-8-13(16)22/h3-6,10H,7-9H2,1-2H3,(H2,16,22)(H,17,23). The highest BCUT2D eigenvalue weighted by Gasteiger charge is 2.12. The van der Waals surface area contributed by atoms with Gasteiger partial charge in [0.25, 0.3) is 0 Å². The minimum Gasteiger partial charge on any atom is -0.369 e. The first-order valence-electron chi connectivity index (χ1n) is 7.64. The smallest absolute Gasteiger partial charge is 0.234 e. The molecule has 0 atom stereocenters. The number of para-hydroxylation sites is 1. The summed E-state index contributed by atoms with van der Waals surface area (Å²) in [6, 6.07) is 7.28. The molecular weight excluding hydrogens is 360 g/mol. The highest BCUT2D eigenvalue weighted by atomic mass is 32.2. The van der Waals surface area contributed by atoms with Crippen molar-refractivity contribution in [2.75, 3.05) is 16.8 Å². The van der Waals surface area contributed by atoms with Crippen LogP contribution in [-0.2, 0) is 16.1 Å². The predicted molar refractivity (Wildman–Crippen MR) is 98.4 cm³/mol. The minimum absolute atomic E-state index is 0.158. The van der Waals surface area contributed by atoms with Crippen LogP contribution in [0.5, 0.6) is 0 Å². The maximum atomic E-state index is 12.2. The van der Waals surface area contributed by atoms with Gasteiger partial charge in [0.1, 0.15) is 0 Å². The molecule has 3 N–H and O–H groups in total. The molecule has 0 saturated carbocycles. The van der Waals surface area contributed by atoms with E-state index in [0.717, 1.165) is 4.90 Å². The number of primary amides is 1. The largest absolute Gasteiger partial charge is 0.369 e. The van der Waals surface area contributed by atoms with Gasteiger partial charge in [-0.3, -0.25) is 9.59 Å². The number of nitrogens with two attached hydrogens (primary N) is 1. The first-order chi connectivity index (χ1) is 12.0. The van der Waals surface area contributed by atoms with E-state index < -0.39 is 5.91 Å². The number of amides is 2. The maximum absolute atomic E-state index is 12.2. The summed E-state index contributed by atoms with van der Waals surface area (Å²) in [5.74, 6) is 0.180. The molecule has 2 amide bonds. The van der Waals surface area contributed by atoms with Crippen LogP contribution >= 0.6 is 23.5 Å². The first-order valence-corrected chi connectivity index (χ1v) is 9.61. The van der Waals surface area contributed by atoms with Crippen molar-refractivity contribution < 1.29 is 9.59 Å². The van der Waals surface area contributed by atoms with Gasteiger partial charge in [0, 0.05) is 11.4 Å². The lowest BCUT2D eigenvalue weighted by molar-refractivity contribution is -0.115. The van der Waals surface area contributed by atoms with Gasteiger partial charge in [-0.2, -0.15) is 0 Å². The average molecular weight is 380 g/mol. The molecule has 0 aliphatic rings. The molecule has 25 heavy (non-hydrogen) atoms. The summed E-state index contributed by atoms with van der Waals surface area (Å²) in [7, 11) is 0. The van der Waals surface area contributed by atoms with Crippen molar-refractivity contribution in [2.45, 2.75) is 30.4 Å². The molecule has 0 radical (unpaired) electrons.